The fraction of sp³-hybridized carbons (Fsp3) is 0.542. The van der Waals surface area contributed by atoms with E-state index in [1.54, 1.807) is 0 Å². The highest BCUT2D eigenvalue weighted by Crippen LogP contribution is 2.36. The summed E-state index contributed by atoms with van der Waals surface area (Å²) in [7, 11) is 0. The number of benzene rings is 1. The lowest BCUT2D eigenvalue weighted by molar-refractivity contribution is -0.0110. The maximum Gasteiger partial charge on any atom is 0.225 e. The normalized spacial score (nSPS) is 27.8. The van der Waals surface area contributed by atoms with Crippen LogP contribution in [0.3, 0.4) is 0 Å². The zero-order valence-electron chi connectivity index (χ0n) is 18.6. The number of rotatable bonds is 6. The van der Waals surface area contributed by atoms with Crippen LogP contribution >= 0.6 is 12.2 Å². The van der Waals surface area contributed by atoms with Gasteiger partial charge in [0.15, 0.2) is 5.11 Å². The van der Waals surface area contributed by atoms with Gasteiger partial charge in [-0.2, -0.15) is 0 Å². The predicted molar refractivity (Wildman–Crippen MR) is 133 cm³/mol. The van der Waals surface area contributed by atoms with Crippen molar-refractivity contribution in [2.75, 3.05) is 62.6 Å². The number of para-hydroxylation sites is 1. The number of fused-ring (bicyclic) bond motifs is 3. The molecule has 4 aliphatic heterocycles. The Balaban J connectivity index is 1.06. The lowest BCUT2D eigenvalue weighted by atomic mass is 9.75. The number of hydrogen-bond donors (Lipinski definition) is 2. The standard InChI is InChI=1S/C24H33N7S/c32-24(28-21-5-2-1-3-6-21)27-16-22-15-19-7-10-31(22)18-20(19)17-29-11-13-30(14-12-29)23-25-8-4-9-26-23/h1-6,8-9,19-20,22H,7,10-18H2,(H2,27,28,32)/t19-,20+,22+/m1/s1. The van der Waals surface area contributed by atoms with Crippen molar-refractivity contribution in [3.8, 4) is 0 Å². The lowest BCUT2D eigenvalue weighted by Gasteiger charge is -2.51. The van der Waals surface area contributed by atoms with Crippen molar-refractivity contribution < 1.29 is 0 Å². The Labute approximate surface area is 196 Å². The van der Waals surface area contributed by atoms with Crippen LogP contribution in [0.5, 0.6) is 0 Å². The molecule has 8 heteroatoms. The molecular formula is C24H33N7S. The van der Waals surface area contributed by atoms with Crippen molar-refractivity contribution in [1.82, 2.24) is 25.1 Å². The summed E-state index contributed by atoms with van der Waals surface area (Å²) < 4.78 is 0. The molecule has 4 saturated heterocycles. The molecule has 1 aromatic carbocycles. The number of anilines is 2. The fourth-order valence-electron chi connectivity index (χ4n) is 5.49. The summed E-state index contributed by atoms with van der Waals surface area (Å²) in [5.41, 5.74) is 1.04. The van der Waals surface area contributed by atoms with Gasteiger partial charge in [-0.25, -0.2) is 9.97 Å². The molecule has 4 aliphatic rings. The number of nitrogens with zero attached hydrogens (tertiary/aromatic N) is 5. The minimum absolute atomic E-state index is 0.590. The first-order valence-electron chi connectivity index (χ1n) is 11.8. The van der Waals surface area contributed by atoms with Crippen LogP contribution < -0.4 is 15.5 Å². The Hall–Kier alpha value is -2.29. The summed E-state index contributed by atoms with van der Waals surface area (Å²) in [5.74, 6) is 2.48. The average Bonchev–Trinajstić information content (AvgIpc) is 2.85. The van der Waals surface area contributed by atoms with E-state index in [1.165, 1.54) is 32.5 Å². The van der Waals surface area contributed by atoms with Crippen LogP contribution in [0, 0.1) is 11.8 Å². The third-order valence-electron chi connectivity index (χ3n) is 7.24. The molecule has 2 aromatic rings. The third-order valence-corrected chi connectivity index (χ3v) is 7.49. The molecule has 0 spiro atoms. The first kappa shape index (κ1) is 21.6. The molecule has 4 atom stereocenters. The van der Waals surface area contributed by atoms with Crippen LogP contribution in [0.25, 0.3) is 0 Å². The Morgan fingerprint density at radius 3 is 2.50 bits per heavy atom. The van der Waals surface area contributed by atoms with Gasteiger partial charge in [-0.1, -0.05) is 18.2 Å². The van der Waals surface area contributed by atoms with Crippen molar-refractivity contribution in [2.45, 2.75) is 18.9 Å². The number of thiocarbonyl (C=S) groups is 1. The van der Waals surface area contributed by atoms with Crippen molar-refractivity contribution in [1.29, 1.82) is 0 Å². The molecule has 7 nitrogen and oxygen atoms in total. The molecule has 2 bridgehead atoms. The smallest absolute Gasteiger partial charge is 0.225 e. The van der Waals surface area contributed by atoms with Crippen LogP contribution in [-0.2, 0) is 0 Å². The number of aromatic nitrogens is 2. The summed E-state index contributed by atoms with van der Waals surface area (Å²) in [5, 5.41) is 7.46. The average molecular weight is 452 g/mol. The van der Waals surface area contributed by atoms with E-state index in [0.29, 0.717) is 6.04 Å². The molecule has 0 aliphatic carbocycles. The number of nitrogens with one attached hydrogen (secondary N) is 2. The van der Waals surface area contributed by atoms with E-state index in [-0.39, 0.29) is 0 Å². The summed E-state index contributed by atoms with van der Waals surface area (Å²) in [4.78, 5) is 16.5. The van der Waals surface area contributed by atoms with Gasteiger partial charge in [-0.05, 0) is 61.6 Å². The Kier molecular flexibility index (Phi) is 6.80. The zero-order chi connectivity index (χ0) is 21.8. The van der Waals surface area contributed by atoms with E-state index in [2.05, 4.69) is 35.3 Å². The second kappa shape index (κ2) is 10.1. The van der Waals surface area contributed by atoms with Crippen LogP contribution in [0.1, 0.15) is 12.8 Å². The van der Waals surface area contributed by atoms with E-state index < -0.39 is 0 Å². The molecule has 0 saturated carbocycles. The number of piperazine rings is 1. The zero-order valence-corrected chi connectivity index (χ0v) is 19.4. The maximum absolute atomic E-state index is 5.51. The van der Waals surface area contributed by atoms with Gasteiger partial charge in [0, 0.05) is 69.9 Å². The monoisotopic (exact) mass is 451 g/mol. The highest BCUT2D eigenvalue weighted by Gasteiger charge is 2.40. The van der Waals surface area contributed by atoms with Gasteiger partial charge in [0.25, 0.3) is 0 Å². The van der Waals surface area contributed by atoms with Crippen molar-refractivity contribution in [3.05, 3.63) is 48.8 Å². The Bertz CT molecular complexity index is 872. The topological polar surface area (TPSA) is 59.6 Å². The van der Waals surface area contributed by atoms with Gasteiger partial charge in [0.05, 0.1) is 0 Å². The lowest BCUT2D eigenvalue weighted by Crippen LogP contribution is -2.59. The second-order valence-electron chi connectivity index (χ2n) is 9.23. The highest BCUT2D eigenvalue weighted by molar-refractivity contribution is 7.80. The minimum atomic E-state index is 0.590. The first-order valence-corrected chi connectivity index (χ1v) is 12.2. The molecule has 32 heavy (non-hydrogen) atoms. The fourth-order valence-corrected chi connectivity index (χ4v) is 5.69. The van der Waals surface area contributed by atoms with Gasteiger partial charge in [-0.3, -0.25) is 9.80 Å². The number of hydrogen-bond acceptors (Lipinski definition) is 6. The molecular weight excluding hydrogens is 418 g/mol. The molecule has 170 valence electrons. The molecule has 4 fully saturated rings. The van der Waals surface area contributed by atoms with E-state index in [4.69, 9.17) is 12.2 Å². The van der Waals surface area contributed by atoms with Gasteiger partial charge < -0.3 is 15.5 Å². The molecule has 1 unspecified atom stereocenters. The molecule has 5 heterocycles. The highest BCUT2D eigenvalue weighted by atomic mass is 32.1. The largest absolute Gasteiger partial charge is 0.361 e. The van der Waals surface area contributed by atoms with Crippen LogP contribution in [0.15, 0.2) is 48.8 Å². The molecule has 1 aromatic heterocycles. The van der Waals surface area contributed by atoms with Gasteiger partial charge in [0.1, 0.15) is 0 Å². The van der Waals surface area contributed by atoms with E-state index in [9.17, 15) is 0 Å². The molecule has 2 N–H and O–H groups in total. The van der Waals surface area contributed by atoms with Crippen molar-refractivity contribution >= 4 is 29.0 Å². The van der Waals surface area contributed by atoms with E-state index >= 15 is 0 Å². The summed E-state index contributed by atoms with van der Waals surface area (Å²) >= 11 is 5.51. The van der Waals surface area contributed by atoms with Gasteiger partial charge in [0.2, 0.25) is 5.95 Å². The van der Waals surface area contributed by atoms with Crippen LogP contribution in [-0.4, -0.2) is 83.3 Å². The quantitative estimate of drug-likeness (QED) is 0.649. The minimum Gasteiger partial charge on any atom is -0.361 e. The number of piperidine rings is 3. The van der Waals surface area contributed by atoms with Crippen LogP contribution in [0.4, 0.5) is 11.6 Å². The van der Waals surface area contributed by atoms with Crippen molar-refractivity contribution in [2.24, 2.45) is 11.8 Å². The van der Waals surface area contributed by atoms with E-state index in [1.807, 2.05) is 48.8 Å². The predicted octanol–water partition coefficient (Wildman–Crippen LogP) is 2.30. The van der Waals surface area contributed by atoms with Crippen molar-refractivity contribution in [3.63, 3.8) is 0 Å². The maximum atomic E-state index is 5.51. The first-order chi connectivity index (χ1) is 15.7. The van der Waals surface area contributed by atoms with Gasteiger partial charge >= 0.3 is 0 Å². The second-order valence-corrected chi connectivity index (χ2v) is 9.64. The Morgan fingerprint density at radius 1 is 1.00 bits per heavy atom. The summed E-state index contributed by atoms with van der Waals surface area (Å²) in [6, 6.07) is 12.6. The molecule has 0 amide bonds. The van der Waals surface area contributed by atoms with E-state index in [0.717, 1.165) is 61.3 Å². The van der Waals surface area contributed by atoms with Gasteiger partial charge in [-0.15, -0.1) is 0 Å². The summed E-state index contributed by atoms with van der Waals surface area (Å²) in [6.07, 6.45) is 6.28. The summed E-state index contributed by atoms with van der Waals surface area (Å²) in [6.45, 7) is 8.84. The SMILES string of the molecule is S=C(NC[C@@H]1C[C@H]2CCN1C[C@@H]2CN1CCN(c2ncccn2)CC1)Nc1ccccc1. The molecule has 0 radical (unpaired) electrons. The Morgan fingerprint density at radius 2 is 1.78 bits per heavy atom. The van der Waals surface area contributed by atoms with Crippen LogP contribution in [0.2, 0.25) is 0 Å². The third kappa shape index (κ3) is 5.19. The molecule has 6 rings (SSSR count).